The third-order valence-corrected chi connectivity index (χ3v) is 2.91. The van der Waals surface area contributed by atoms with Gasteiger partial charge in [0, 0.05) is 18.7 Å². The highest BCUT2D eigenvalue weighted by Gasteiger charge is 2.16. The number of carbonyl (C=O) groups excluding carboxylic acids is 2. The number of carbonyl (C=O) groups is 3. The first-order chi connectivity index (χ1) is 9.85. The summed E-state index contributed by atoms with van der Waals surface area (Å²) in [6, 6.07) is 4.37. The minimum atomic E-state index is -1.06. The minimum Gasteiger partial charge on any atom is -0.478 e. The van der Waals surface area contributed by atoms with Crippen molar-refractivity contribution in [2.24, 2.45) is 0 Å². The summed E-state index contributed by atoms with van der Waals surface area (Å²) >= 11 is 0. The summed E-state index contributed by atoms with van der Waals surface area (Å²) in [5.74, 6) is -1.73. The van der Waals surface area contributed by atoms with Crippen molar-refractivity contribution in [1.29, 1.82) is 0 Å². The van der Waals surface area contributed by atoms with E-state index in [1.807, 2.05) is 0 Å². The number of hydrogen-bond acceptors (Lipinski definition) is 3. The fourth-order valence-electron chi connectivity index (χ4n) is 1.71. The lowest BCUT2D eigenvalue weighted by Crippen LogP contribution is -2.43. The van der Waals surface area contributed by atoms with E-state index in [2.05, 4.69) is 10.6 Å². The Morgan fingerprint density at radius 1 is 1.29 bits per heavy atom. The van der Waals surface area contributed by atoms with Crippen molar-refractivity contribution in [3.05, 3.63) is 41.0 Å². The van der Waals surface area contributed by atoms with Gasteiger partial charge in [0.2, 0.25) is 5.91 Å². The van der Waals surface area contributed by atoms with Crippen LogP contribution in [0.2, 0.25) is 0 Å². The number of benzene rings is 1. The predicted octanol–water partition coefficient (Wildman–Crippen LogP) is 0.957. The molecule has 0 aliphatic heterocycles. The molecule has 0 aliphatic carbocycles. The Morgan fingerprint density at radius 2 is 1.95 bits per heavy atom. The van der Waals surface area contributed by atoms with Crippen LogP contribution in [0.25, 0.3) is 6.08 Å². The molecule has 1 aromatic rings. The zero-order valence-electron chi connectivity index (χ0n) is 12.1. The lowest BCUT2D eigenvalue weighted by molar-refractivity contribution is -0.131. The molecule has 1 unspecified atom stereocenters. The largest absolute Gasteiger partial charge is 0.478 e. The topological polar surface area (TPSA) is 95.5 Å². The summed E-state index contributed by atoms with van der Waals surface area (Å²) in [6.07, 6.45) is 2.40. The maximum Gasteiger partial charge on any atom is 0.328 e. The van der Waals surface area contributed by atoms with E-state index in [1.54, 1.807) is 32.0 Å². The SMILES string of the molecule is CNC(=O)C(C)NC(=O)c1cc(C=CC(=O)O)ccc1C. The van der Waals surface area contributed by atoms with Gasteiger partial charge in [0.05, 0.1) is 0 Å². The first-order valence-corrected chi connectivity index (χ1v) is 6.39. The first kappa shape index (κ1) is 16.4. The molecule has 0 radical (unpaired) electrons. The highest BCUT2D eigenvalue weighted by Crippen LogP contribution is 2.13. The fraction of sp³-hybridized carbons (Fsp3) is 0.267. The van der Waals surface area contributed by atoms with Crippen molar-refractivity contribution in [2.75, 3.05) is 7.05 Å². The molecule has 1 atom stereocenters. The van der Waals surface area contributed by atoms with Crippen molar-refractivity contribution < 1.29 is 19.5 Å². The third-order valence-electron chi connectivity index (χ3n) is 2.91. The molecule has 2 amide bonds. The van der Waals surface area contributed by atoms with Crippen LogP contribution < -0.4 is 10.6 Å². The smallest absolute Gasteiger partial charge is 0.328 e. The van der Waals surface area contributed by atoms with Gasteiger partial charge in [-0.2, -0.15) is 0 Å². The van der Waals surface area contributed by atoms with Crippen molar-refractivity contribution in [3.8, 4) is 0 Å². The van der Waals surface area contributed by atoms with Gasteiger partial charge in [0.25, 0.3) is 5.91 Å². The van der Waals surface area contributed by atoms with E-state index in [4.69, 9.17) is 5.11 Å². The van der Waals surface area contributed by atoms with Crippen LogP contribution in [-0.2, 0) is 9.59 Å². The van der Waals surface area contributed by atoms with E-state index < -0.39 is 12.0 Å². The van der Waals surface area contributed by atoms with Gasteiger partial charge < -0.3 is 15.7 Å². The van der Waals surface area contributed by atoms with Crippen molar-refractivity contribution in [1.82, 2.24) is 10.6 Å². The Bertz CT molecular complexity index is 593. The van der Waals surface area contributed by atoms with Gasteiger partial charge in [-0.15, -0.1) is 0 Å². The Labute approximate surface area is 122 Å². The highest BCUT2D eigenvalue weighted by atomic mass is 16.4. The Kier molecular flexibility index (Phi) is 5.66. The Balaban J connectivity index is 2.95. The Morgan fingerprint density at radius 3 is 2.52 bits per heavy atom. The second-order valence-corrected chi connectivity index (χ2v) is 4.56. The molecule has 1 aromatic carbocycles. The number of carboxylic acids is 1. The van der Waals surface area contributed by atoms with Crippen molar-refractivity contribution in [3.63, 3.8) is 0 Å². The lowest BCUT2D eigenvalue weighted by atomic mass is 10.0. The molecular weight excluding hydrogens is 272 g/mol. The van der Waals surface area contributed by atoms with Crippen molar-refractivity contribution >= 4 is 23.9 Å². The predicted molar refractivity (Wildman–Crippen MR) is 78.8 cm³/mol. The standard InChI is InChI=1S/C15H18N2O4/c1-9-4-5-11(6-7-13(18)19)8-12(9)15(21)17-10(2)14(20)16-3/h4-8,10H,1-3H3,(H,16,20)(H,17,21)(H,18,19). The fourth-order valence-corrected chi connectivity index (χ4v) is 1.71. The van der Waals surface area contributed by atoms with Gasteiger partial charge in [-0.3, -0.25) is 9.59 Å². The summed E-state index contributed by atoms with van der Waals surface area (Å²) in [5, 5.41) is 13.6. The van der Waals surface area contributed by atoms with E-state index >= 15 is 0 Å². The molecule has 0 saturated heterocycles. The van der Waals surface area contributed by atoms with Gasteiger partial charge in [-0.1, -0.05) is 12.1 Å². The first-order valence-electron chi connectivity index (χ1n) is 6.39. The van der Waals surface area contributed by atoms with Gasteiger partial charge >= 0.3 is 5.97 Å². The van der Waals surface area contributed by atoms with E-state index in [-0.39, 0.29) is 11.8 Å². The summed E-state index contributed by atoms with van der Waals surface area (Å²) in [4.78, 5) is 34.1. The van der Waals surface area contributed by atoms with Gasteiger partial charge in [0.1, 0.15) is 6.04 Å². The van der Waals surface area contributed by atoms with Gasteiger partial charge in [-0.25, -0.2) is 4.79 Å². The summed E-state index contributed by atoms with van der Waals surface area (Å²) in [6.45, 7) is 3.35. The second kappa shape index (κ2) is 7.23. The molecule has 0 heterocycles. The molecule has 0 spiro atoms. The number of nitrogens with one attached hydrogen (secondary N) is 2. The highest BCUT2D eigenvalue weighted by molar-refractivity contribution is 5.99. The molecule has 0 saturated carbocycles. The molecule has 6 heteroatoms. The number of carboxylic acid groups (broad SMARTS) is 1. The van der Waals surface area contributed by atoms with Gasteiger partial charge in [-0.05, 0) is 37.1 Å². The zero-order chi connectivity index (χ0) is 16.0. The van der Waals surface area contributed by atoms with E-state index in [9.17, 15) is 14.4 Å². The summed E-state index contributed by atoms with van der Waals surface area (Å²) in [5.41, 5.74) is 1.74. The maximum atomic E-state index is 12.2. The monoisotopic (exact) mass is 290 g/mol. The molecule has 21 heavy (non-hydrogen) atoms. The molecule has 3 N–H and O–H groups in total. The zero-order valence-corrected chi connectivity index (χ0v) is 12.1. The second-order valence-electron chi connectivity index (χ2n) is 4.56. The third kappa shape index (κ3) is 4.76. The van der Waals surface area contributed by atoms with Crippen LogP contribution in [-0.4, -0.2) is 36.0 Å². The molecule has 0 aliphatic rings. The summed E-state index contributed by atoms with van der Waals surface area (Å²) in [7, 11) is 1.49. The van der Waals surface area contributed by atoms with Crippen LogP contribution in [0, 0.1) is 6.92 Å². The van der Waals surface area contributed by atoms with Crippen LogP contribution in [0.5, 0.6) is 0 Å². The average Bonchev–Trinajstić information content (AvgIpc) is 2.45. The number of rotatable bonds is 5. The summed E-state index contributed by atoms with van der Waals surface area (Å²) < 4.78 is 0. The number of aliphatic carboxylic acids is 1. The van der Waals surface area contributed by atoms with Crippen LogP contribution in [0.3, 0.4) is 0 Å². The normalized spacial score (nSPS) is 12.0. The van der Waals surface area contributed by atoms with Crippen LogP contribution in [0.15, 0.2) is 24.3 Å². The molecule has 1 rings (SSSR count). The number of hydrogen-bond donors (Lipinski definition) is 3. The molecule has 112 valence electrons. The number of likely N-dealkylation sites (N-methyl/N-ethyl adjacent to an activating group) is 1. The lowest BCUT2D eigenvalue weighted by Gasteiger charge is -2.13. The van der Waals surface area contributed by atoms with Crippen LogP contribution >= 0.6 is 0 Å². The molecule has 0 bridgehead atoms. The van der Waals surface area contributed by atoms with E-state index in [0.29, 0.717) is 11.1 Å². The van der Waals surface area contributed by atoms with E-state index in [1.165, 1.54) is 13.1 Å². The minimum absolute atomic E-state index is 0.289. The van der Waals surface area contributed by atoms with Crippen LogP contribution in [0.1, 0.15) is 28.4 Å². The number of aryl methyl sites for hydroxylation is 1. The molecular formula is C15H18N2O4. The molecule has 0 fully saturated rings. The molecule has 0 aromatic heterocycles. The van der Waals surface area contributed by atoms with E-state index in [0.717, 1.165) is 11.6 Å². The van der Waals surface area contributed by atoms with Gasteiger partial charge in [0.15, 0.2) is 0 Å². The van der Waals surface area contributed by atoms with Crippen LogP contribution in [0.4, 0.5) is 0 Å². The maximum absolute atomic E-state index is 12.2. The van der Waals surface area contributed by atoms with Crippen molar-refractivity contribution in [2.45, 2.75) is 19.9 Å². The number of amides is 2. The quantitative estimate of drug-likeness (QED) is 0.704. The average molecular weight is 290 g/mol. The molecule has 6 nitrogen and oxygen atoms in total. The Hall–Kier alpha value is -2.63.